The summed E-state index contributed by atoms with van der Waals surface area (Å²) in [6, 6.07) is 15.3. The van der Waals surface area contributed by atoms with E-state index in [1.807, 2.05) is 6.07 Å². The Bertz CT molecular complexity index is 1190. The molecule has 0 fully saturated rings. The second-order valence-corrected chi connectivity index (χ2v) is 6.34. The van der Waals surface area contributed by atoms with Crippen LogP contribution in [-0.2, 0) is 0 Å². The van der Waals surface area contributed by atoms with E-state index in [4.69, 9.17) is 4.74 Å². The van der Waals surface area contributed by atoms with E-state index in [1.54, 1.807) is 60.6 Å². The van der Waals surface area contributed by atoms with Crippen molar-refractivity contribution in [1.29, 1.82) is 0 Å². The summed E-state index contributed by atoms with van der Waals surface area (Å²) in [5, 5.41) is 6.82. The first-order valence-corrected chi connectivity index (χ1v) is 8.96. The van der Waals surface area contributed by atoms with Crippen molar-refractivity contribution in [2.75, 3.05) is 12.4 Å². The molecular formula is C22H16F2N4O2. The first-order chi connectivity index (χ1) is 14.5. The van der Waals surface area contributed by atoms with Gasteiger partial charge in [0.2, 0.25) is 0 Å². The first-order valence-electron chi connectivity index (χ1n) is 8.96. The maximum Gasteiger partial charge on any atom is 0.276 e. The Labute approximate surface area is 170 Å². The van der Waals surface area contributed by atoms with Gasteiger partial charge in [0.1, 0.15) is 17.4 Å². The van der Waals surface area contributed by atoms with Gasteiger partial charge in [-0.15, -0.1) is 0 Å². The van der Waals surface area contributed by atoms with Crippen LogP contribution in [0.4, 0.5) is 14.5 Å². The smallest absolute Gasteiger partial charge is 0.276 e. The Morgan fingerprint density at radius 3 is 2.53 bits per heavy atom. The average Bonchev–Trinajstić information content (AvgIpc) is 3.22. The van der Waals surface area contributed by atoms with Gasteiger partial charge in [-0.3, -0.25) is 9.78 Å². The van der Waals surface area contributed by atoms with E-state index in [9.17, 15) is 13.6 Å². The molecule has 2 aromatic carbocycles. The maximum atomic E-state index is 13.9. The number of rotatable bonds is 5. The summed E-state index contributed by atoms with van der Waals surface area (Å²) in [5.41, 5.74) is 1.99. The molecule has 1 amide bonds. The van der Waals surface area contributed by atoms with E-state index >= 15 is 0 Å². The largest absolute Gasteiger partial charge is 0.497 e. The zero-order chi connectivity index (χ0) is 21.1. The summed E-state index contributed by atoms with van der Waals surface area (Å²) in [4.78, 5) is 16.8. The number of carbonyl (C=O) groups is 1. The third-order valence-corrected chi connectivity index (χ3v) is 4.40. The molecule has 4 aromatic rings. The van der Waals surface area contributed by atoms with Crippen LogP contribution >= 0.6 is 0 Å². The predicted molar refractivity (Wildman–Crippen MR) is 108 cm³/mol. The Balaban J connectivity index is 1.73. The van der Waals surface area contributed by atoms with Gasteiger partial charge in [0.15, 0.2) is 5.69 Å². The Morgan fingerprint density at radius 1 is 1.07 bits per heavy atom. The molecule has 0 saturated carbocycles. The fourth-order valence-electron chi connectivity index (χ4n) is 2.91. The number of hydrogen-bond acceptors (Lipinski definition) is 4. The fraction of sp³-hybridized carbons (Fsp3) is 0.0455. The van der Waals surface area contributed by atoms with Crippen molar-refractivity contribution in [3.8, 4) is 22.7 Å². The molecule has 0 radical (unpaired) electrons. The van der Waals surface area contributed by atoms with Crippen molar-refractivity contribution >= 4 is 11.6 Å². The van der Waals surface area contributed by atoms with Crippen molar-refractivity contribution < 1.29 is 18.3 Å². The molecule has 4 rings (SSSR count). The minimum Gasteiger partial charge on any atom is -0.497 e. The summed E-state index contributed by atoms with van der Waals surface area (Å²) < 4.78 is 33.8. The lowest BCUT2D eigenvalue weighted by Crippen LogP contribution is -2.14. The van der Waals surface area contributed by atoms with Crippen LogP contribution < -0.4 is 10.1 Å². The van der Waals surface area contributed by atoms with Crippen molar-refractivity contribution in [2.45, 2.75) is 0 Å². The Hall–Kier alpha value is -4.07. The number of methoxy groups -OCH3 is 1. The van der Waals surface area contributed by atoms with E-state index in [-0.39, 0.29) is 11.4 Å². The number of carbonyl (C=O) groups excluding carboxylic acids is 1. The quantitative estimate of drug-likeness (QED) is 0.531. The predicted octanol–water partition coefficient (Wildman–Crippen LogP) is 4.47. The summed E-state index contributed by atoms with van der Waals surface area (Å²) in [7, 11) is 1.57. The van der Waals surface area contributed by atoms with Crippen LogP contribution in [0.3, 0.4) is 0 Å². The maximum absolute atomic E-state index is 13.9. The van der Waals surface area contributed by atoms with Crippen LogP contribution in [0.2, 0.25) is 0 Å². The molecule has 0 atom stereocenters. The number of amides is 1. The normalized spacial score (nSPS) is 10.6. The third kappa shape index (κ3) is 3.88. The number of aromatic nitrogens is 3. The van der Waals surface area contributed by atoms with Gasteiger partial charge in [-0.1, -0.05) is 0 Å². The van der Waals surface area contributed by atoms with Gasteiger partial charge in [0, 0.05) is 24.0 Å². The van der Waals surface area contributed by atoms with E-state index in [0.29, 0.717) is 23.2 Å². The van der Waals surface area contributed by atoms with Gasteiger partial charge in [-0.05, 0) is 54.6 Å². The summed E-state index contributed by atoms with van der Waals surface area (Å²) >= 11 is 0. The summed E-state index contributed by atoms with van der Waals surface area (Å²) in [5.74, 6) is -1.55. The SMILES string of the molecule is COc1ccc(-n2nc(C(=O)Nc3ccc(F)cc3F)cc2-c2cccnc2)cc1. The second kappa shape index (κ2) is 8.12. The molecule has 2 aromatic heterocycles. The molecule has 0 unspecified atom stereocenters. The van der Waals surface area contributed by atoms with Crippen LogP contribution in [0.15, 0.2) is 73.1 Å². The lowest BCUT2D eigenvalue weighted by atomic mass is 10.2. The van der Waals surface area contributed by atoms with Crippen LogP contribution in [0.5, 0.6) is 5.75 Å². The van der Waals surface area contributed by atoms with Crippen LogP contribution in [0.25, 0.3) is 16.9 Å². The van der Waals surface area contributed by atoms with Crippen LogP contribution in [0, 0.1) is 11.6 Å². The molecule has 6 nitrogen and oxygen atoms in total. The van der Waals surface area contributed by atoms with Gasteiger partial charge in [-0.2, -0.15) is 5.10 Å². The van der Waals surface area contributed by atoms with Crippen molar-refractivity contribution in [3.63, 3.8) is 0 Å². The summed E-state index contributed by atoms with van der Waals surface area (Å²) in [6.07, 6.45) is 3.29. The van der Waals surface area contributed by atoms with Crippen molar-refractivity contribution in [2.24, 2.45) is 0 Å². The van der Waals surface area contributed by atoms with E-state index in [0.717, 1.165) is 17.7 Å². The highest BCUT2D eigenvalue weighted by molar-refractivity contribution is 6.03. The molecule has 0 aliphatic carbocycles. The zero-order valence-corrected chi connectivity index (χ0v) is 15.8. The molecule has 0 saturated heterocycles. The number of nitrogens with one attached hydrogen (secondary N) is 1. The number of halogens is 2. The zero-order valence-electron chi connectivity index (χ0n) is 15.8. The van der Waals surface area contributed by atoms with E-state index in [2.05, 4.69) is 15.4 Å². The molecule has 0 bridgehead atoms. The van der Waals surface area contributed by atoms with Gasteiger partial charge < -0.3 is 10.1 Å². The Kier molecular flexibility index (Phi) is 5.21. The van der Waals surface area contributed by atoms with E-state index in [1.165, 1.54) is 0 Å². The third-order valence-electron chi connectivity index (χ3n) is 4.40. The van der Waals surface area contributed by atoms with Crippen LogP contribution in [0.1, 0.15) is 10.5 Å². The van der Waals surface area contributed by atoms with E-state index < -0.39 is 17.5 Å². The molecule has 0 aliphatic rings. The highest BCUT2D eigenvalue weighted by Crippen LogP contribution is 2.25. The molecule has 150 valence electrons. The van der Waals surface area contributed by atoms with Crippen molar-refractivity contribution in [3.05, 3.63) is 90.4 Å². The minimum absolute atomic E-state index is 0.0633. The van der Waals surface area contributed by atoms with Crippen LogP contribution in [-0.4, -0.2) is 27.8 Å². The van der Waals surface area contributed by atoms with Gasteiger partial charge in [0.05, 0.1) is 24.2 Å². The topological polar surface area (TPSA) is 69.0 Å². The number of hydrogen-bond donors (Lipinski definition) is 1. The fourth-order valence-corrected chi connectivity index (χ4v) is 2.91. The van der Waals surface area contributed by atoms with Gasteiger partial charge >= 0.3 is 0 Å². The molecular weight excluding hydrogens is 390 g/mol. The molecule has 8 heteroatoms. The lowest BCUT2D eigenvalue weighted by molar-refractivity contribution is 0.102. The molecule has 2 heterocycles. The average molecular weight is 406 g/mol. The number of ether oxygens (including phenoxy) is 1. The standard InChI is InChI=1S/C22H16F2N4O2/c1-30-17-7-5-16(6-8-17)28-21(14-3-2-10-25-13-14)12-20(27-28)22(29)26-19-9-4-15(23)11-18(19)24/h2-13H,1H3,(H,26,29). The molecule has 1 N–H and O–H groups in total. The monoisotopic (exact) mass is 406 g/mol. The number of nitrogens with zero attached hydrogens (tertiary/aromatic N) is 3. The summed E-state index contributed by atoms with van der Waals surface area (Å²) in [6.45, 7) is 0. The Morgan fingerprint density at radius 2 is 1.87 bits per heavy atom. The first kappa shape index (κ1) is 19.3. The lowest BCUT2D eigenvalue weighted by Gasteiger charge is -2.08. The number of benzene rings is 2. The number of pyridine rings is 1. The second-order valence-electron chi connectivity index (χ2n) is 6.34. The molecule has 0 aliphatic heterocycles. The highest BCUT2D eigenvalue weighted by Gasteiger charge is 2.18. The minimum atomic E-state index is -0.870. The van der Waals surface area contributed by atoms with Gasteiger partial charge in [-0.25, -0.2) is 13.5 Å². The van der Waals surface area contributed by atoms with Crippen molar-refractivity contribution in [1.82, 2.24) is 14.8 Å². The highest BCUT2D eigenvalue weighted by atomic mass is 19.1. The number of anilines is 1. The molecule has 30 heavy (non-hydrogen) atoms. The van der Waals surface area contributed by atoms with Gasteiger partial charge in [0.25, 0.3) is 5.91 Å². The molecule has 0 spiro atoms.